The van der Waals surface area contributed by atoms with E-state index in [0.717, 1.165) is 11.4 Å². The van der Waals surface area contributed by atoms with Gasteiger partial charge in [-0.2, -0.15) is 0 Å². The van der Waals surface area contributed by atoms with Crippen molar-refractivity contribution in [1.29, 1.82) is 0 Å². The van der Waals surface area contributed by atoms with Crippen molar-refractivity contribution in [3.05, 3.63) is 246 Å². The monoisotopic (exact) mass is 775 g/mol. The Hall–Kier alpha value is -7.48. The molecule has 1 heteroatoms. The summed E-state index contributed by atoms with van der Waals surface area (Å²) < 4.78 is 0. The Balaban J connectivity index is 1.12. The van der Waals surface area contributed by atoms with Crippen molar-refractivity contribution in [2.45, 2.75) is 24.7 Å². The lowest BCUT2D eigenvalue weighted by Crippen LogP contribution is -2.26. The standard InChI is InChI=1S/C60H41N/c1-59(2)54-29-16-30-56(57(54)50-37-49(39-18-4-3-5-19-39)43-21-8-9-25-48(43)58(50)59)61(41-32-31-38-17-6-7-20-40(38)35-41)42-33-34-47-46-24-12-15-28-53(46)60(55(47)36-42)51-26-13-10-22-44(51)45-23-11-14-27-52(45)60/h3-37H,1-2H3. The lowest BCUT2D eigenvalue weighted by Gasteiger charge is -2.33. The second kappa shape index (κ2) is 12.5. The maximum Gasteiger partial charge on any atom is 0.0726 e. The van der Waals surface area contributed by atoms with Crippen molar-refractivity contribution >= 4 is 38.6 Å². The van der Waals surface area contributed by atoms with Crippen LogP contribution in [0.1, 0.15) is 47.2 Å². The van der Waals surface area contributed by atoms with E-state index in [1.807, 2.05) is 0 Å². The number of anilines is 3. The van der Waals surface area contributed by atoms with E-state index < -0.39 is 5.41 Å². The molecule has 0 aromatic heterocycles. The second-order valence-corrected chi connectivity index (χ2v) is 17.6. The third kappa shape index (κ3) is 4.56. The maximum absolute atomic E-state index is 2.55. The first-order chi connectivity index (χ1) is 30.0. The minimum atomic E-state index is -0.444. The average molecular weight is 776 g/mol. The number of fused-ring (bicyclic) bond motifs is 16. The summed E-state index contributed by atoms with van der Waals surface area (Å²) in [6, 6.07) is 79.8. The molecule has 10 aromatic rings. The molecule has 0 saturated heterocycles. The summed E-state index contributed by atoms with van der Waals surface area (Å²) in [6.07, 6.45) is 0. The van der Waals surface area contributed by atoms with Gasteiger partial charge in [-0.15, -0.1) is 0 Å². The van der Waals surface area contributed by atoms with Crippen LogP contribution in [0.5, 0.6) is 0 Å². The van der Waals surface area contributed by atoms with Crippen LogP contribution in [0.3, 0.4) is 0 Å². The molecule has 0 radical (unpaired) electrons. The molecule has 3 aliphatic carbocycles. The number of rotatable bonds is 4. The van der Waals surface area contributed by atoms with Crippen LogP contribution in [-0.4, -0.2) is 0 Å². The van der Waals surface area contributed by atoms with E-state index in [0.29, 0.717) is 0 Å². The molecule has 61 heavy (non-hydrogen) atoms. The van der Waals surface area contributed by atoms with Gasteiger partial charge in [-0.1, -0.05) is 190 Å². The first kappa shape index (κ1) is 34.4. The molecule has 0 unspecified atom stereocenters. The molecule has 0 bridgehead atoms. The summed E-state index contributed by atoms with van der Waals surface area (Å²) in [5.74, 6) is 0. The summed E-state index contributed by atoms with van der Waals surface area (Å²) in [6.45, 7) is 4.84. The molecule has 3 aliphatic rings. The Morgan fingerprint density at radius 3 is 1.59 bits per heavy atom. The Kier molecular flexibility index (Phi) is 7.06. The van der Waals surface area contributed by atoms with E-state index in [2.05, 4.69) is 231 Å². The Morgan fingerprint density at radius 1 is 0.344 bits per heavy atom. The van der Waals surface area contributed by atoms with Crippen molar-refractivity contribution in [3.63, 3.8) is 0 Å². The number of nitrogens with zero attached hydrogens (tertiary/aromatic N) is 1. The molecular formula is C60H41N. The minimum absolute atomic E-state index is 0.231. The Labute approximate surface area is 356 Å². The van der Waals surface area contributed by atoms with Gasteiger partial charge in [0.1, 0.15) is 0 Å². The number of benzene rings is 10. The normalized spacial score (nSPS) is 14.3. The molecule has 10 aromatic carbocycles. The van der Waals surface area contributed by atoms with Gasteiger partial charge in [-0.05, 0) is 130 Å². The van der Waals surface area contributed by atoms with Crippen LogP contribution in [0.4, 0.5) is 17.1 Å². The molecule has 13 rings (SSSR count). The van der Waals surface area contributed by atoms with E-state index in [1.54, 1.807) is 0 Å². The fraction of sp³-hybridized carbons (Fsp3) is 0.0667. The third-order valence-electron chi connectivity index (χ3n) is 14.2. The van der Waals surface area contributed by atoms with Gasteiger partial charge < -0.3 is 4.90 Å². The molecular weight excluding hydrogens is 735 g/mol. The predicted octanol–water partition coefficient (Wildman–Crippen LogP) is 15.8. The zero-order valence-electron chi connectivity index (χ0n) is 34.2. The van der Waals surface area contributed by atoms with Gasteiger partial charge in [0.25, 0.3) is 0 Å². The van der Waals surface area contributed by atoms with Gasteiger partial charge in [0.15, 0.2) is 0 Å². The fourth-order valence-corrected chi connectivity index (χ4v) is 11.7. The van der Waals surface area contributed by atoms with E-state index in [-0.39, 0.29) is 5.41 Å². The summed E-state index contributed by atoms with van der Waals surface area (Å²) in [5.41, 5.74) is 21.3. The minimum Gasteiger partial charge on any atom is -0.310 e. The highest BCUT2D eigenvalue weighted by Gasteiger charge is 2.52. The van der Waals surface area contributed by atoms with Gasteiger partial charge >= 0.3 is 0 Å². The van der Waals surface area contributed by atoms with Crippen molar-refractivity contribution in [2.24, 2.45) is 0 Å². The van der Waals surface area contributed by atoms with Crippen molar-refractivity contribution in [1.82, 2.24) is 0 Å². The molecule has 0 saturated carbocycles. The van der Waals surface area contributed by atoms with Crippen LogP contribution in [0.15, 0.2) is 212 Å². The molecule has 1 spiro atoms. The molecule has 0 N–H and O–H groups in total. The van der Waals surface area contributed by atoms with Gasteiger partial charge in [-0.25, -0.2) is 0 Å². The van der Waals surface area contributed by atoms with Crippen LogP contribution < -0.4 is 4.90 Å². The van der Waals surface area contributed by atoms with Crippen LogP contribution in [0.2, 0.25) is 0 Å². The highest BCUT2D eigenvalue weighted by atomic mass is 15.1. The molecule has 0 amide bonds. The summed E-state index contributed by atoms with van der Waals surface area (Å²) in [7, 11) is 0. The second-order valence-electron chi connectivity index (χ2n) is 17.6. The lowest BCUT2D eigenvalue weighted by atomic mass is 9.70. The molecule has 0 aliphatic heterocycles. The Morgan fingerprint density at radius 2 is 0.885 bits per heavy atom. The van der Waals surface area contributed by atoms with E-state index >= 15 is 0 Å². The lowest BCUT2D eigenvalue weighted by molar-refractivity contribution is 0.666. The molecule has 1 nitrogen and oxygen atoms in total. The van der Waals surface area contributed by atoms with E-state index in [9.17, 15) is 0 Å². The van der Waals surface area contributed by atoms with E-state index in [4.69, 9.17) is 0 Å². The van der Waals surface area contributed by atoms with Gasteiger partial charge in [0, 0.05) is 22.4 Å². The highest BCUT2D eigenvalue weighted by Crippen LogP contribution is 2.64. The van der Waals surface area contributed by atoms with Crippen LogP contribution in [0.25, 0.3) is 66.1 Å². The Bertz CT molecular complexity index is 3400. The molecule has 0 heterocycles. The average Bonchev–Trinajstić information content (AvgIpc) is 3.87. The van der Waals surface area contributed by atoms with Crippen molar-refractivity contribution in [3.8, 4) is 44.5 Å². The maximum atomic E-state index is 2.55. The number of hydrogen-bond donors (Lipinski definition) is 0. The van der Waals surface area contributed by atoms with Gasteiger partial charge in [0.2, 0.25) is 0 Å². The van der Waals surface area contributed by atoms with Crippen molar-refractivity contribution < 1.29 is 0 Å². The zero-order chi connectivity index (χ0) is 40.5. The van der Waals surface area contributed by atoms with Crippen molar-refractivity contribution in [2.75, 3.05) is 4.90 Å². The number of hydrogen-bond acceptors (Lipinski definition) is 1. The first-order valence-electron chi connectivity index (χ1n) is 21.5. The summed E-state index contributed by atoms with van der Waals surface area (Å²) in [4.78, 5) is 2.55. The van der Waals surface area contributed by atoms with Crippen LogP contribution in [-0.2, 0) is 10.8 Å². The smallest absolute Gasteiger partial charge is 0.0726 e. The van der Waals surface area contributed by atoms with Crippen LogP contribution in [0, 0.1) is 0 Å². The summed E-state index contributed by atoms with van der Waals surface area (Å²) >= 11 is 0. The third-order valence-corrected chi connectivity index (χ3v) is 14.2. The molecule has 0 atom stereocenters. The SMILES string of the molecule is CC1(C)c2cccc(N(c3ccc4c(c3)C3(c5ccccc5-c5ccccc53)c3ccccc3-4)c3ccc4ccccc4c3)c2-c2cc(-c3ccccc3)c3ccccc3c21. The van der Waals surface area contributed by atoms with Gasteiger partial charge in [-0.3, -0.25) is 0 Å². The predicted molar refractivity (Wildman–Crippen MR) is 255 cm³/mol. The topological polar surface area (TPSA) is 3.24 Å². The fourth-order valence-electron chi connectivity index (χ4n) is 11.7. The zero-order valence-corrected chi connectivity index (χ0v) is 34.2. The quantitative estimate of drug-likeness (QED) is 0.172. The summed E-state index contributed by atoms with van der Waals surface area (Å²) in [5, 5.41) is 5.07. The largest absolute Gasteiger partial charge is 0.310 e. The van der Waals surface area contributed by atoms with Gasteiger partial charge in [0.05, 0.1) is 11.1 Å². The highest BCUT2D eigenvalue weighted by molar-refractivity contribution is 6.09. The molecule has 286 valence electrons. The van der Waals surface area contributed by atoms with E-state index in [1.165, 1.54) is 105 Å². The first-order valence-corrected chi connectivity index (χ1v) is 21.5. The molecule has 0 fully saturated rings. The van der Waals surface area contributed by atoms with Crippen LogP contribution >= 0.6 is 0 Å².